The number of halogens is 1. The summed E-state index contributed by atoms with van der Waals surface area (Å²) >= 11 is 3.17. The van der Waals surface area contributed by atoms with Gasteiger partial charge in [-0.1, -0.05) is 52.3 Å². The van der Waals surface area contributed by atoms with Crippen molar-refractivity contribution in [1.82, 2.24) is 0 Å². The minimum Gasteiger partial charge on any atom is -0.481 e. The SMILES string of the molecule is O=C(O)C(Cc1ccccc1)c1ccc(Br)cc1[N+](=O)[O-]. The van der Waals surface area contributed by atoms with E-state index in [1.807, 2.05) is 18.2 Å². The highest BCUT2D eigenvalue weighted by Gasteiger charge is 2.28. The molecule has 0 saturated carbocycles. The topological polar surface area (TPSA) is 80.4 Å². The molecule has 0 aliphatic heterocycles. The van der Waals surface area contributed by atoms with Crippen molar-refractivity contribution >= 4 is 27.6 Å². The third-order valence-corrected chi connectivity index (χ3v) is 3.64. The molecule has 0 aliphatic rings. The second kappa shape index (κ2) is 6.49. The zero-order valence-corrected chi connectivity index (χ0v) is 12.5. The molecule has 1 unspecified atom stereocenters. The maximum atomic E-state index is 11.5. The monoisotopic (exact) mass is 349 g/mol. The Morgan fingerprint density at radius 2 is 1.90 bits per heavy atom. The summed E-state index contributed by atoms with van der Waals surface area (Å²) in [5.41, 5.74) is 0.842. The fraction of sp³-hybridized carbons (Fsp3) is 0.133. The highest BCUT2D eigenvalue weighted by molar-refractivity contribution is 9.10. The van der Waals surface area contributed by atoms with E-state index in [0.29, 0.717) is 4.47 Å². The van der Waals surface area contributed by atoms with Crippen molar-refractivity contribution in [2.45, 2.75) is 12.3 Å². The second-order valence-electron chi connectivity index (χ2n) is 4.54. The van der Waals surface area contributed by atoms with E-state index in [1.54, 1.807) is 18.2 Å². The van der Waals surface area contributed by atoms with Crippen LogP contribution in [0, 0.1) is 10.1 Å². The second-order valence-corrected chi connectivity index (χ2v) is 5.46. The Balaban J connectivity index is 2.44. The fourth-order valence-corrected chi connectivity index (χ4v) is 2.50. The van der Waals surface area contributed by atoms with Crippen molar-refractivity contribution < 1.29 is 14.8 Å². The van der Waals surface area contributed by atoms with Crippen LogP contribution in [0.3, 0.4) is 0 Å². The average Bonchev–Trinajstić information content (AvgIpc) is 2.46. The predicted octanol–water partition coefficient (Wildman–Crippen LogP) is 3.77. The van der Waals surface area contributed by atoms with E-state index in [2.05, 4.69) is 15.9 Å². The Hall–Kier alpha value is -2.21. The Kier molecular flexibility index (Phi) is 4.70. The van der Waals surface area contributed by atoms with Crippen LogP contribution in [0.4, 0.5) is 5.69 Å². The number of nitro groups is 1. The first-order valence-electron chi connectivity index (χ1n) is 6.19. The standard InChI is InChI=1S/C15H12BrNO4/c16-11-6-7-12(14(9-11)17(20)21)13(15(18)19)8-10-4-2-1-3-5-10/h1-7,9,13H,8H2,(H,18,19). The quantitative estimate of drug-likeness (QED) is 0.658. The maximum absolute atomic E-state index is 11.5. The molecule has 0 aliphatic carbocycles. The van der Waals surface area contributed by atoms with Gasteiger partial charge in [-0.2, -0.15) is 0 Å². The molecule has 5 nitrogen and oxygen atoms in total. The lowest BCUT2D eigenvalue weighted by Gasteiger charge is -2.13. The molecule has 21 heavy (non-hydrogen) atoms. The van der Waals surface area contributed by atoms with E-state index in [0.717, 1.165) is 5.56 Å². The predicted molar refractivity (Wildman–Crippen MR) is 81.3 cm³/mol. The van der Waals surface area contributed by atoms with Crippen molar-refractivity contribution in [1.29, 1.82) is 0 Å². The largest absolute Gasteiger partial charge is 0.481 e. The van der Waals surface area contributed by atoms with Gasteiger partial charge in [0.1, 0.15) is 0 Å². The molecular weight excluding hydrogens is 338 g/mol. The van der Waals surface area contributed by atoms with Crippen LogP contribution in [0.25, 0.3) is 0 Å². The summed E-state index contributed by atoms with van der Waals surface area (Å²) in [7, 11) is 0. The summed E-state index contributed by atoms with van der Waals surface area (Å²) in [4.78, 5) is 22.1. The molecule has 2 rings (SSSR count). The Morgan fingerprint density at radius 1 is 1.24 bits per heavy atom. The van der Waals surface area contributed by atoms with E-state index in [9.17, 15) is 20.0 Å². The molecule has 0 radical (unpaired) electrons. The third-order valence-electron chi connectivity index (χ3n) is 3.15. The van der Waals surface area contributed by atoms with E-state index >= 15 is 0 Å². The van der Waals surface area contributed by atoms with E-state index in [-0.39, 0.29) is 17.7 Å². The summed E-state index contributed by atoms with van der Waals surface area (Å²) in [6.07, 6.45) is 0.207. The molecule has 0 spiro atoms. The molecular formula is C15H12BrNO4. The smallest absolute Gasteiger partial charge is 0.311 e. The first-order valence-corrected chi connectivity index (χ1v) is 6.99. The minimum absolute atomic E-state index is 0.187. The number of benzene rings is 2. The molecule has 6 heteroatoms. The number of carbonyl (C=O) groups is 1. The molecule has 0 aromatic heterocycles. The van der Waals surface area contributed by atoms with Crippen LogP contribution in [0.2, 0.25) is 0 Å². The average molecular weight is 350 g/mol. The van der Waals surface area contributed by atoms with Crippen LogP contribution in [0.5, 0.6) is 0 Å². The van der Waals surface area contributed by atoms with Crippen molar-refractivity contribution in [2.75, 3.05) is 0 Å². The fourth-order valence-electron chi connectivity index (χ4n) is 2.15. The van der Waals surface area contributed by atoms with Gasteiger partial charge in [0.2, 0.25) is 0 Å². The van der Waals surface area contributed by atoms with Crippen LogP contribution in [-0.2, 0) is 11.2 Å². The Bertz CT molecular complexity index is 673. The maximum Gasteiger partial charge on any atom is 0.311 e. The molecule has 1 atom stereocenters. The van der Waals surface area contributed by atoms with E-state index < -0.39 is 16.8 Å². The first-order chi connectivity index (χ1) is 9.99. The summed E-state index contributed by atoms with van der Waals surface area (Å²) in [6.45, 7) is 0. The normalized spacial score (nSPS) is 11.9. The van der Waals surface area contributed by atoms with Crippen molar-refractivity contribution in [2.24, 2.45) is 0 Å². The minimum atomic E-state index is -1.08. The van der Waals surface area contributed by atoms with Gasteiger partial charge in [-0.3, -0.25) is 14.9 Å². The number of rotatable bonds is 5. The van der Waals surface area contributed by atoms with Crippen molar-refractivity contribution in [3.8, 4) is 0 Å². The van der Waals surface area contributed by atoms with E-state index in [1.165, 1.54) is 12.1 Å². The lowest BCUT2D eigenvalue weighted by atomic mass is 9.91. The lowest BCUT2D eigenvalue weighted by Crippen LogP contribution is -2.16. The van der Waals surface area contributed by atoms with Gasteiger partial charge < -0.3 is 5.11 Å². The van der Waals surface area contributed by atoms with Crippen LogP contribution in [0.1, 0.15) is 17.0 Å². The Labute approximate surface area is 129 Å². The number of hydrogen-bond acceptors (Lipinski definition) is 3. The number of carboxylic acid groups (broad SMARTS) is 1. The number of carboxylic acids is 1. The van der Waals surface area contributed by atoms with Gasteiger partial charge in [0.05, 0.1) is 10.8 Å². The van der Waals surface area contributed by atoms with Crippen LogP contribution in [0.15, 0.2) is 53.0 Å². The van der Waals surface area contributed by atoms with Gasteiger partial charge in [0.15, 0.2) is 0 Å². The number of aliphatic carboxylic acids is 1. The van der Waals surface area contributed by atoms with Crippen LogP contribution >= 0.6 is 15.9 Å². The number of nitro benzene ring substituents is 1. The molecule has 108 valence electrons. The lowest BCUT2D eigenvalue weighted by molar-refractivity contribution is -0.385. The van der Waals surface area contributed by atoms with Gasteiger partial charge in [-0.25, -0.2) is 0 Å². The number of hydrogen-bond donors (Lipinski definition) is 1. The van der Waals surface area contributed by atoms with Gasteiger partial charge >= 0.3 is 5.97 Å². The highest BCUT2D eigenvalue weighted by Crippen LogP contribution is 2.32. The molecule has 1 N–H and O–H groups in total. The van der Waals surface area contributed by atoms with Crippen molar-refractivity contribution in [3.05, 3.63) is 74.2 Å². The van der Waals surface area contributed by atoms with Gasteiger partial charge in [-0.05, 0) is 18.1 Å². The molecule has 0 amide bonds. The van der Waals surface area contributed by atoms with Crippen molar-refractivity contribution in [3.63, 3.8) is 0 Å². The number of nitrogens with zero attached hydrogens (tertiary/aromatic N) is 1. The van der Waals surface area contributed by atoms with Gasteiger partial charge in [-0.15, -0.1) is 0 Å². The highest BCUT2D eigenvalue weighted by atomic mass is 79.9. The molecule has 2 aromatic rings. The zero-order chi connectivity index (χ0) is 15.4. The summed E-state index contributed by atoms with van der Waals surface area (Å²) in [6, 6.07) is 13.5. The van der Waals surface area contributed by atoms with E-state index in [4.69, 9.17) is 0 Å². The first kappa shape index (κ1) is 15.2. The molecule has 0 heterocycles. The van der Waals surface area contributed by atoms with Gasteiger partial charge in [0, 0.05) is 16.1 Å². The Morgan fingerprint density at radius 3 is 2.48 bits per heavy atom. The van der Waals surface area contributed by atoms with Crippen LogP contribution in [-0.4, -0.2) is 16.0 Å². The van der Waals surface area contributed by atoms with Crippen LogP contribution < -0.4 is 0 Å². The third kappa shape index (κ3) is 3.66. The molecule has 0 fully saturated rings. The van der Waals surface area contributed by atoms with Gasteiger partial charge in [0.25, 0.3) is 5.69 Å². The summed E-state index contributed by atoms with van der Waals surface area (Å²) < 4.78 is 0.543. The molecule has 0 bridgehead atoms. The molecule has 2 aromatic carbocycles. The molecule has 0 saturated heterocycles. The summed E-state index contributed by atoms with van der Waals surface area (Å²) in [5.74, 6) is -2.04. The zero-order valence-electron chi connectivity index (χ0n) is 10.9. The summed E-state index contributed by atoms with van der Waals surface area (Å²) in [5, 5.41) is 20.6.